The predicted octanol–water partition coefficient (Wildman–Crippen LogP) is 2.00. The van der Waals surface area contributed by atoms with E-state index in [1.807, 2.05) is 4.90 Å². The summed E-state index contributed by atoms with van der Waals surface area (Å²) in [6.07, 6.45) is 2.16. The minimum Gasteiger partial charge on any atom is -0.441 e. The average Bonchev–Trinajstić information content (AvgIpc) is 2.57. The van der Waals surface area contributed by atoms with E-state index in [-0.39, 0.29) is 17.2 Å². The first kappa shape index (κ1) is 12.7. The highest BCUT2D eigenvalue weighted by atomic mass is 16.6. The number of hydrogen-bond donors (Lipinski definition) is 1. The zero-order valence-corrected chi connectivity index (χ0v) is 11.4. The third kappa shape index (κ3) is 2.41. The van der Waals surface area contributed by atoms with Crippen molar-refractivity contribution in [2.45, 2.75) is 51.7 Å². The van der Waals surface area contributed by atoms with E-state index in [1.54, 1.807) is 0 Å². The van der Waals surface area contributed by atoms with Crippen molar-refractivity contribution in [1.82, 2.24) is 10.2 Å². The zero-order chi connectivity index (χ0) is 12.7. The van der Waals surface area contributed by atoms with Gasteiger partial charge in [-0.25, -0.2) is 4.79 Å². The van der Waals surface area contributed by atoms with Crippen LogP contribution in [0.3, 0.4) is 0 Å². The molecule has 0 spiro atoms. The summed E-state index contributed by atoms with van der Waals surface area (Å²) in [5.41, 5.74) is -0.477. The van der Waals surface area contributed by atoms with E-state index in [2.05, 4.69) is 33.0 Å². The Morgan fingerprint density at radius 1 is 1.47 bits per heavy atom. The second-order valence-electron chi connectivity index (χ2n) is 6.48. The van der Waals surface area contributed by atoms with Crippen molar-refractivity contribution < 1.29 is 9.53 Å². The number of amides is 1. The molecule has 0 saturated carbocycles. The van der Waals surface area contributed by atoms with Gasteiger partial charge in [-0.15, -0.1) is 0 Å². The van der Waals surface area contributed by atoms with Gasteiger partial charge in [-0.05, 0) is 47.1 Å². The summed E-state index contributed by atoms with van der Waals surface area (Å²) in [7, 11) is 0. The van der Waals surface area contributed by atoms with Gasteiger partial charge in [0.15, 0.2) is 0 Å². The molecule has 2 rings (SSSR count). The van der Waals surface area contributed by atoms with Gasteiger partial charge in [0.25, 0.3) is 0 Å². The van der Waals surface area contributed by atoms with E-state index in [9.17, 15) is 4.79 Å². The van der Waals surface area contributed by atoms with Crippen molar-refractivity contribution in [3.05, 3.63) is 0 Å². The molecule has 2 atom stereocenters. The van der Waals surface area contributed by atoms with Crippen LogP contribution in [0, 0.1) is 5.92 Å². The maximum absolute atomic E-state index is 12.0. The van der Waals surface area contributed by atoms with Gasteiger partial charge in [-0.1, -0.05) is 0 Å². The molecule has 2 aliphatic heterocycles. The van der Waals surface area contributed by atoms with Gasteiger partial charge < -0.3 is 10.1 Å². The Kier molecular flexibility index (Phi) is 3.10. The molecule has 2 heterocycles. The van der Waals surface area contributed by atoms with Crippen molar-refractivity contribution in [1.29, 1.82) is 0 Å². The number of hydrogen-bond acceptors (Lipinski definition) is 3. The first-order chi connectivity index (χ1) is 7.83. The maximum atomic E-state index is 12.0. The van der Waals surface area contributed by atoms with Crippen LogP contribution in [0.1, 0.15) is 40.5 Å². The van der Waals surface area contributed by atoms with Gasteiger partial charge in [-0.2, -0.15) is 0 Å². The molecule has 0 bridgehead atoms. The van der Waals surface area contributed by atoms with Crippen molar-refractivity contribution in [2.24, 2.45) is 5.92 Å². The highest BCUT2D eigenvalue weighted by Crippen LogP contribution is 2.36. The van der Waals surface area contributed by atoms with Crippen LogP contribution in [0.25, 0.3) is 0 Å². The number of carbonyl (C=O) groups is 1. The maximum Gasteiger partial charge on any atom is 0.410 e. The highest BCUT2D eigenvalue weighted by Gasteiger charge is 2.49. The van der Waals surface area contributed by atoms with Crippen LogP contribution in [-0.2, 0) is 4.74 Å². The summed E-state index contributed by atoms with van der Waals surface area (Å²) >= 11 is 0. The largest absolute Gasteiger partial charge is 0.441 e. The molecule has 4 nitrogen and oxygen atoms in total. The van der Waals surface area contributed by atoms with E-state index >= 15 is 0 Å². The Hall–Kier alpha value is -0.770. The molecule has 0 radical (unpaired) electrons. The monoisotopic (exact) mass is 240 g/mol. The van der Waals surface area contributed by atoms with Crippen LogP contribution < -0.4 is 5.32 Å². The van der Waals surface area contributed by atoms with Gasteiger partial charge in [0.05, 0.1) is 6.54 Å². The molecule has 1 amide bonds. The minimum atomic E-state index is -0.322. The standard InChI is InChI=1S/C13H24N2O2/c1-12(2,3)15-9-13(4,17-11(15)16)10-6-5-7-14-8-10/h10,14H,5-9H2,1-4H3. The van der Waals surface area contributed by atoms with Gasteiger partial charge in [-0.3, -0.25) is 4.90 Å². The summed E-state index contributed by atoms with van der Waals surface area (Å²) in [6.45, 7) is 11.0. The van der Waals surface area contributed by atoms with Crippen LogP contribution in [0.4, 0.5) is 4.79 Å². The normalized spacial score (nSPS) is 34.9. The fraction of sp³-hybridized carbons (Fsp3) is 0.923. The van der Waals surface area contributed by atoms with Crippen LogP contribution in [0.5, 0.6) is 0 Å². The first-order valence-corrected chi connectivity index (χ1v) is 6.54. The fourth-order valence-corrected chi connectivity index (χ4v) is 2.76. The lowest BCUT2D eigenvalue weighted by Crippen LogP contribution is -2.49. The number of rotatable bonds is 1. The zero-order valence-electron chi connectivity index (χ0n) is 11.4. The second-order valence-corrected chi connectivity index (χ2v) is 6.48. The summed E-state index contributed by atoms with van der Waals surface area (Å²) in [6, 6.07) is 0. The van der Waals surface area contributed by atoms with Gasteiger partial charge >= 0.3 is 6.09 Å². The van der Waals surface area contributed by atoms with E-state index in [0.29, 0.717) is 12.5 Å². The van der Waals surface area contributed by atoms with Crippen molar-refractivity contribution in [3.8, 4) is 0 Å². The quantitative estimate of drug-likeness (QED) is 0.762. The molecule has 17 heavy (non-hydrogen) atoms. The van der Waals surface area contributed by atoms with Crippen LogP contribution in [0.15, 0.2) is 0 Å². The first-order valence-electron chi connectivity index (χ1n) is 6.54. The Labute approximate surface area is 104 Å². The molecular weight excluding hydrogens is 216 g/mol. The Morgan fingerprint density at radius 2 is 2.18 bits per heavy atom. The van der Waals surface area contributed by atoms with E-state index in [0.717, 1.165) is 19.5 Å². The average molecular weight is 240 g/mol. The molecule has 0 aromatic heterocycles. The highest BCUT2D eigenvalue weighted by molar-refractivity contribution is 5.71. The molecule has 0 aromatic rings. The summed E-state index contributed by atoms with van der Waals surface area (Å²) in [5, 5.41) is 3.40. The summed E-state index contributed by atoms with van der Waals surface area (Å²) < 4.78 is 5.67. The smallest absolute Gasteiger partial charge is 0.410 e. The molecular formula is C13H24N2O2. The number of piperidine rings is 1. The molecule has 0 aromatic carbocycles. The third-order valence-corrected chi connectivity index (χ3v) is 3.98. The van der Waals surface area contributed by atoms with E-state index in [4.69, 9.17) is 4.74 Å². The van der Waals surface area contributed by atoms with Crippen molar-refractivity contribution in [2.75, 3.05) is 19.6 Å². The lowest BCUT2D eigenvalue weighted by molar-refractivity contribution is 0.0120. The molecule has 98 valence electrons. The molecule has 2 aliphatic rings. The van der Waals surface area contributed by atoms with E-state index < -0.39 is 0 Å². The Bertz CT molecular complexity index is 305. The van der Waals surface area contributed by atoms with Crippen LogP contribution >= 0.6 is 0 Å². The second kappa shape index (κ2) is 4.16. The number of nitrogens with one attached hydrogen (secondary N) is 1. The molecule has 4 heteroatoms. The lowest BCUT2D eigenvalue weighted by atomic mass is 9.83. The number of cyclic esters (lactones) is 1. The van der Waals surface area contributed by atoms with Crippen LogP contribution in [-0.4, -0.2) is 41.8 Å². The predicted molar refractivity (Wildman–Crippen MR) is 66.9 cm³/mol. The molecule has 0 aliphatic carbocycles. The van der Waals surface area contributed by atoms with Crippen molar-refractivity contribution >= 4 is 6.09 Å². The summed E-state index contributed by atoms with van der Waals surface area (Å²) in [5.74, 6) is 0.438. The fourth-order valence-electron chi connectivity index (χ4n) is 2.76. The lowest BCUT2D eigenvalue weighted by Gasteiger charge is -2.36. The minimum absolute atomic E-state index is 0.156. The van der Waals surface area contributed by atoms with Gasteiger partial charge in [0.2, 0.25) is 0 Å². The van der Waals surface area contributed by atoms with E-state index in [1.165, 1.54) is 6.42 Å². The molecule has 2 unspecified atom stereocenters. The van der Waals surface area contributed by atoms with Gasteiger partial charge in [0.1, 0.15) is 5.60 Å². The Morgan fingerprint density at radius 3 is 2.65 bits per heavy atom. The molecule has 2 fully saturated rings. The van der Waals surface area contributed by atoms with Gasteiger partial charge in [0, 0.05) is 18.0 Å². The number of carbonyl (C=O) groups excluding carboxylic acids is 1. The molecule has 2 saturated heterocycles. The number of nitrogens with zero attached hydrogens (tertiary/aromatic N) is 1. The van der Waals surface area contributed by atoms with Crippen LogP contribution in [0.2, 0.25) is 0 Å². The molecule has 1 N–H and O–H groups in total. The number of ether oxygens (including phenoxy) is 1. The summed E-state index contributed by atoms with van der Waals surface area (Å²) in [4.78, 5) is 13.8. The third-order valence-electron chi connectivity index (χ3n) is 3.98. The topological polar surface area (TPSA) is 41.6 Å². The van der Waals surface area contributed by atoms with Crippen molar-refractivity contribution in [3.63, 3.8) is 0 Å². The Balaban J connectivity index is 2.10. The SMILES string of the molecule is CC1(C2CCCNC2)CN(C(C)(C)C)C(=O)O1.